The Hall–Kier alpha value is -1.68. The summed E-state index contributed by atoms with van der Waals surface area (Å²) in [6.45, 7) is 0. The van der Waals surface area contributed by atoms with Crippen LogP contribution in [-0.4, -0.2) is 5.91 Å². The number of nitrogens with one attached hydrogen (secondary N) is 1. The Morgan fingerprint density at radius 1 is 1.05 bits per heavy atom. The zero-order chi connectivity index (χ0) is 13.7. The lowest BCUT2D eigenvalue weighted by atomic mass is 10.1. The van der Waals surface area contributed by atoms with Crippen LogP contribution in [0.25, 0.3) is 0 Å². The van der Waals surface area contributed by atoms with Gasteiger partial charge in [-0.15, -0.1) is 0 Å². The van der Waals surface area contributed by atoms with E-state index in [1.807, 2.05) is 24.3 Å². The maximum atomic E-state index is 13.4. The molecule has 2 nitrogen and oxygen atoms in total. The molecule has 0 fully saturated rings. The van der Waals surface area contributed by atoms with E-state index < -0.39 is 0 Å². The summed E-state index contributed by atoms with van der Waals surface area (Å²) in [6, 6.07) is 13.8. The average molecular weight is 322 g/mol. The number of carbonyl (C=O) groups excluding carboxylic acids is 1. The maximum absolute atomic E-state index is 13.4. The Balaban J connectivity index is 2.08. The minimum Gasteiger partial charge on any atom is -0.326 e. The van der Waals surface area contributed by atoms with Gasteiger partial charge in [0, 0.05) is 11.0 Å². The molecule has 0 atom stereocenters. The highest BCUT2D eigenvalue weighted by molar-refractivity contribution is 9.08. The number of hydrogen-bond acceptors (Lipinski definition) is 1. The summed E-state index contributed by atoms with van der Waals surface area (Å²) in [5.74, 6) is -0.579. The summed E-state index contributed by atoms with van der Waals surface area (Å²) in [6.07, 6.45) is 0.0310. The first kappa shape index (κ1) is 13.7. The third-order valence-corrected chi connectivity index (χ3v) is 3.35. The second-order valence-corrected chi connectivity index (χ2v) is 4.67. The van der Waals surface area contributed by atoms with Crippen molar-refractivity contribution in [3.63, 3.8) is 0 Å². The molecule has 1 amide bonds. The Labute approximate surface area is 119 Å². The van der Waals surface area contributed by atoms with Crippen LogP contribution in [-0.2, 0) is 16.5 Å². The molecule has 0 bridgehead atoms. The fourth-order valence-corrected chi connectivity index (χ4v) is 2.26. The summed E-state index contributed by atoms with van der Waals surface area (Å²) in [5, 5.41) is 3.46. The van der Waals surface area contributed by atoms with E-state index in [4.69, 9.17) is 0 Å². The second kappa shape index (κ2) is 6.48. The molecule has 19 heavy (non-hydrogen) atoms. The van der Waals surface area contributed by atoms with Gasteiger partial charge in [-0.1, -0.05) is 52.3 Å². The van der Waals surface area contributed by atoms with Crippen LogP contribution in [0.15, 0.2) is 48.5 Å². The van der Waals surface area contributed by atoms with E-state index in [1.165, 1.54) is 6.07 Å². The summed E-state index contributed by atoms with van der Waals surface area (Å²) in [4.78, 5) is 11.9. The van der Waals surface area contributed by atoms with Crippen molar-refractivity contribution in [2.45, 2.75) is 11.8 Å². The third-order valence-electron chi connectivity index (χ3n) is 2.74. The predicted octanol–water partition coefficient (Wildman–Crippen LogP) is 3.90. The molecular weight excluding hydrogens is 309 g/mol. The van der Waals surface area contributed by atoms with E-state index in [1.54, 1.807) is 18.2 Å². The molecule has 0 aliphatic carbocycles. The van der Waals surface area contributed by atoms with Crippen LogP contribution >= 0.6 is 15.9 Å². The smallest absolute Gasteiger partial charge is 0.228 e. The van der Waals surface area contributed by atoms with Crippen molar-refractivity contribution in [1.29, 1.82) is 0 Å². The molecule has 98 valence electrons. The Morgan fingerprint density at radius 3 is 2.37 bits per heavy atom. The average Bonchev–Trinajstić information content (AvgIpc) is 2.42. The minimum absolute atomic E-state index is 0.0310. The summed E-state index contributed by atoms with van der Waals surface area (Å²) < 4.78 is 13.4. The molecule has 0 saturated heterocycles. The number of rotatable bonds is 4. The molecule has 1 N–H and O–H groups in total. The highest BCUT2D eigenvalue weighted by Crippen LogP contribution is 2.18. The Bertz CT molecular complexity index is 586. The van der Waals surface area contributed by atoms with Gasteiger partial charge in [0.1, 0.15) is 5.82 Å². The van der Waals surface area contributed by atoms with Gasteiger partial charge < -0.3 is 5.32 Å². The normalized spacial score (nSPS) is 10.2. The van der Waals surface area contributed by atoms with E-state index >= 15 is 0 Å². The van der Waals surface area contributed by atoms with Crippen molar-refractivity contribution < 1.29 is 9.18 Å². The topological polar surface area (TPSA) is 29.1 Å². The number of anilines is 1. The van der Waals surface area contributed by atoms with Crippen LogP contribution in [0, 0.1) is 5.82 Å². The van der Waals surface area contributed by atoms with Crippen molar-refractivity contribution in [1.82, 2.24) is 0 Å². The van der Waals surface area contributed by atoms with E-state index in [-0.39, 0.29) is 18.1 Å². The first-order valence-corrected chi connectivity index (χ1v) is 7.00. The Kier molecular flexibility index (Phi) is 4.68. The molecule has 4 heteroatoms. The fourth-order valence-electron chi connectivity index (χ4n) is 1.77. The van der Waals surface area contributed by atoms with Gasteiger partial charge in [0.15, 0.2) is 0 Å². The van der Waals surface area contributed by atoms with Crippen molar-refractivity contribution in [2.75, 3.05) is 5.32 Å². The van der Waals surface area contributed by atoms with Gasteiger partial charge in [0.05, 0.1) is 6.42 Å². The summed E-state index contributed by atoms with van der Waals surface area (Å²) in [5.41, 5.74) is 2.14. The van der Waals surface area contributed by atoms with Gasteiger partial charge in [-0.25, -0.2) is 4.39 Å². The minimum atomic E-state index is -0.355. The van der Waals surface area contributed by atoms with Gasteiger partial charge in [-0.3, -0.25) is 4.79 Å². The molecule has 0 spiro atoms. The number of hydrogen-bond donors (Lipinski definition) is 1. The number of para-hydroxylation sites is 1. The summed E-state index contributed by atoms with van der Waals surface area (Å²) in [7, 11) is 0. The van der Waals surface area contributed by atoms with Crippen LogP contribution < -0.4 is 5.32 Å². The maximum Gasteiger partial charge on any atom is 0.228 e. The molecule has 0 aliphatic heterocycles. The van der Waals surface area contributed by atoms with Crippen molar-refractivity contribution >= 4 is 27.5 Å². The highest BCUT2D eigenvalue weighted by atomic mass is 79.9. The Morgan fingerprint density at radius 2 is 1.68 bits per heavy atom. The lowest BCUT2D eigenvalue weighted by molar-refractivity contribution is -0.115. The van der Waals surface area contributed by atoms with Crippen LogP contribution in [0.1, 0.15) is 11.1 Å². The molecule has 0 aromatic heterocycles. The van der Waals surface area contributed by atoms with E-state index in [0.717, 1.165) is 11.3 Å². The van der Waals surface area contributed by atoms with Crippen molar-refractivity contribution in [3.8, 4) is 0 Å². The van der Waals surface area contributed by atoms with Crippen LogP contribution in [0.3, 0.4) is 0 Å². The number of alkyl halides is 1. The van der Waals surface area contributed by atoms with Crippen LogP contribution in [0.2, 0.25) is 0 Å². The van der Waals surface area contributed by atoms with Crippen LogP contribution in [0.4, 0.5) is 10.1 Å². The predicted molar refractivity (Wildman–Crippen MR) is 77.8 cm³/mol. The van der Waals surface area contributed by atoms with Gasteiger partial charge in [0.2, 0.25) is 5.91 Å². The molecule has 2 aromatic rings. The van der Waals surface area contributed by atoms with Gasteiger partial charge in [-0.05, 0) is 23.3 Å². The second-order valence-electron chi connectivity index (χ2n) is 4.11. The standard InChI is InChI=1S/C15H13BrFNO/c16-10-12-6-2-4-8-14(12)18-15(19)9-11-5-1-3-7-13(11)17/h1-8H,9-10H2,(H,18,19). The summed E-state index contributed by atoms with van der Waals surface area (Å²) >= 11 is 3.37. The van der Waals surface area contributed by atoms with Gasteiger partial charge in [-0.2, -0.15) is 0 Å². The lowest BCUT2D eigenvalue weighted by Crippen LogP contribution is -2.16. The van der Waals surface area contributed by atoms with E-state index in [9.17, 15) is 9.18 Å². The first-order chi connectivity index (χ1) is 9.20. The quantitative estimate of drug-likeness (QED) is 0.850. The van der Waals surface area contributed by atoms with Crippen LogP contribution in [0.5, 0.6) is 0 Å². The van der Waals surface area contributed by atoms with Crippen molar-refractivity contribution in [2.24, 2.45) is 0 Å². The monoisotopic (exact) mass is 321 g/mol. The zero-order valence-corrected chi connectivity index (χ0v) is 11.8. The fraction of sp³-hybridized carbons (Fsp3) is 0.133. The molecule has 2 rings (SSSR count). The van der Waals surface area contributed by atoms with Crippen molar-refractivity contribution in [3.05, 3.63) is 65.5 Å². The highest BCUT2D eigenvalue weighted by Gasteiger charge is 2.09. The number of amides is 1. The largest absolute Gasteiger partial charge is 0.326 e. The first-order valence-electron chi connectivity index (χ1n) is 5.88. The zero-order valence-electron chi connectivity index (χ0n) is 10.2. The van der Waals surface area contributed by atoms with Gasteiger partial charge >= 0.3 is 0 Å². The third kappa shape index (κ3) is 3.64. The number of halogens is 2. The van der Waals surface area contributed by atoms with E-state index in [2.05, 4.69) is 21.2 Å². The molecule has 0 radical (unpaired) electrons. The number of benzene rings is 2. The van der Waals surface area contributed by atoms with E-state index in [0.29, 0.717) is 10.9 Å². The molecule has 0 unspecified atom stereocenters. The molecule has 2 aromatic carbocycles. The SMILES string of the molecule is O=C(Cc1ccccc1F)Nc1ccccc1CBr. The molecule has 0 heterocycles. The van der Waals surface area contributed by atoms with Gasteiger partial charge in [0.25, 0.3) is 0 Å². The lowest BCUT2D eigenvalue weighted by Gasteiger charge is -2.09. The molecule has 0 saturated carbocycles. The molecule has 0 aliphatic rings. The number of carbonyl (C=O) groups is 1. The molecular formula is C15H13BrFNO.